The summed E-state index contributed by atoms with van der Waals surface area (Å²) in [4.78, 5) is 9.25. The summed E-state index contributed by atoms with van der Waals surface area (Å²) in [7, 11) is 0. The smallest absolute Gasteiger partial charge is 0.196 e. The molecule has 1 fully saturated rings. The van der Waals surface area contributed by atoms with E-state index in [0.717, 1.165) is 48.5 Å². The van der Waals surface area contributed by atoms with Crippen molar-refractivity contribution in [3.63, 3.8) is 0 Å². The van der Waals surface area contributed by atoms with E-state index in [1.54, 1.807) is 6.26 Å². The van der Waals surface area contributed by atoms with E-state index in [9.17, 15) is 0 Å². The monoisotopic (exact) mass is 283 g/mol. The molecule has 2 aliphatic carbocycles. The largest absolute Gasteiger partial charge is 0.461 e. The van der Waals surface area contributed by atoms with Gasteiger partial charge in [0, 0.05) is 17.9 Å². The number of fused-ring (bicyclic) bond motifs is 1. The van der Waals surface area contributed by atoms with Gasteiger partial charge in [0.1, 0.15) is 0 Å². The number of furan rings is 1. The molecule has 110 valence electrons. The van der Waals surface area contributed by atoms with Crippen LogP contribution in [0.3, 0.4) is 0 Å². The van der Waals surface area contributed by atoms with Gasteiger partial charge in [0.2, 0.25) is 0 Å². The Morgan fingerprint density at radius 1 is 1.33 bits per heavy atom. The molecule has 0 amide bonds. The lowest BCUT2D eigenvalue weighted by Gasteiger charge is -2.24. The van der Waals surface area contributed by atoms with Crippen LogP contribution in [0, 0.1) is 12.8 Å². The zero-order valence-electron chi connectivity index (χ0n) is 12.4. The summed E-state index contributed by atoms with van der Waals surface area (Å²) in [6.07, 6.45) is 9.81. The molecule has 4 rings (SSSR count). The van der Waals surface area contributed by atoms with Crippen molar-refractivity contribution in [2.45, 2.75) is 45.1 Å². The van der Waals surface area contributed by atoms with E-state index in [4.69, 9.17) is 9.40 Å². The highest BCUT2D eigenvalue weighted by Gasteiger charge is 2.25. The molecule has 1 atom stereocenters. The van der Waals surface area contributed by atoms with Gasteiger partial charge >= 0.3 is 0 Å². The average molecular weight is 283 g/mol. The molecule has 0 aliphatic heterocycles. The van der Waals surface area contributed by atoms with Crippen LogP contribution in [0.5, 0.6) is 0 Å². The van der Waals surface area contributed by atoms with Crippen LogP contribution in [0.25, 0.3) is 11.6 Å². The topological polar surface area (TPSA) is 51.0 Å². The Balaban J connectivity index is 1.50. The molecule has 4 heteroatoms. The van der Waals surface area contributed by atoms with Crippen molar-refractivity contribution in [3.05, 3.63) is 35.3 Å². The van der Waals surface area contributed by atoms with Crippen LogP contribution in [-0.4, -0.2) is 22.6 Å². The van der Waals surface area contributed by atoms with Crippen molar-refractivity contribution in [1.29, 1.82) is 0 Å². The number of nitrogens with zero attached hydrogens (tertiary/aromatic N) is 2. The standard InChI is InChI=1S/C17H21N3O/c1-11-6-7-21-16(11)17-19-10-13-8-12(2-5-15(13)20-17)9-18-14-3-4-14/h6-7,10,12,14,18H,2-5,8-9H2,1H3. The number of nitrogens with one attached hydrogen (secondary N) is 1. The summed E-state index contributed by atoms with van der Waals surface area (Å²) in [5, 5.41) is 3.64. The van der Waals surface area contributed by atoms with Crippen LogP contribution in [0.1, 0.15) is 36.1 Å². The van der Waals surface area contributed by atoms with E-state index in [-0.39, 0.29) is 0 Å². The maximum absolute atomic E-state index is 5.50. The number of hydrogen-bond donors (Lipinski definition) is 1. The lowest BCUT2D eigenvalue weighted by atomic mass is 9.87. The van der Waals surface area contributed by atoms with Crippen molar-refractivity contribution in [1.82, 2.24) is 15.3 Å². The van der Waals surface area contributed by atoms with Crippen molar-refractivity contribution in [3.8, 4) is 11.6 Å². The Labute approximate surface area is 125 Å². The fraction of sp³-hybridized carbons (Fsp3) is 0.529. The van der Waals surface area contributed by atoms with Gasteiger partial charge in [0.05, 0.1) is 6.26 Å². The van der Waals surface area contributed by atoms with Gasteiger partial charge in [-0.05, 0) is 68.7 Å². The number of rotatable bonds is 4. The minimum absolute atomic E-state index is 0.728. The maximum Gasteiger partial charge on any atom is 0.196 e. The fourth-order valence-corrected chi connectivity index (χ4v) is 3.09. The highest BCUT2D eigenvalue weighted by atomic mass is 16.3. The molecule has 2 aromatic heterocycles. The zero-order chi connectivity index (χ0) is 14.2. The minimum Gasteiger partial charge on any atom is -0.461 e. The molecule has 2 aliphatic rings. The second-order valence-corrected chi connectivity index (χ2v) is 6.39. The molecule has 0 aromatic carbocycles. The summed E-state index contributed by atoms with van der Waals surface area (Å²) < 4.78 is 5.50. The van der Waals surface area contributed by atoms with Gasteiger partial charge in [-0.1, -0.05) is 0 Å². The summed E-state index contributed by atoms with van der Waals surface area (Å²) in [6, 6.07) is 2.75. The van der Waals surface area contributed by atoms with Gasteiger partial charge in [-0.2, -0.15) is 0 Å². The number of aryl methyl sites for hydroxylation is 2. The van der Waals surface area contributed by atoms with Crippen molar-refractivity contribution in [2.24, 2.45) is 5.92 Å². The van der Waals surface area contributed by atoms with Gasteiger partial charge in [-0.3, -0.25) is 0 Å². The average Bonchev–Trinajstić information content (AvgIpc) is 3.24. The van der Waals surface area contributed by atoms with Gasteiger partial charge in [-0.15, -0.1) is 0 Å². The third-order valence-electron chi connectivity index (χ3n) is 4.59. The fourth-order valence-electron chi connectivity index (χ4n) is 3.09. The Kier molecular flexibility index (Phi) is 3.26. The van der Waals surface area contributed by atoms with Crippen LogP contribution >= 0.6 is 0 Å². The molecule has 2 heterocycles. The Morgan fingerprint density at radius 3 is 3.00 bits per heavy atom. The maximum atomic E-state index is 5.50. The molecule has 1 saturated carbocycles. The molecule has 1 unspecified atom stereocenters. The predicted octanol–water partition coefficient (Wildman–Crippen LogP) is 2.90. The van der Waals surface area contributed by atoms with Crippen molar-refractivity contribution >= 4 is 0 Å². The van der Waals surface area contributed by atoms with E-state index < -0.39 is 0 Å². The van der Waals surface area contributed by atoms with E-state index in [1.165, 1.54) is 30.5 Å². The van der Waals surface area contributed by atoms with Gasteiger partial charge in [0.15, 0.2) is 11.6 Å². The third-order valence-corrected chi connectivity index (χ3v) is 4.59. The highest BCUT2D eigenvalue weighted by molar-refractivity contribution is 5.52. The first-order valence-corrected chi connectivity index (χ1v) is 7.92. The summed E-state index contributed by atoms with van der Waals surface area (Å²) in [6.45, 7) is 3.17. The molecule has 0 spiro atoms. The first kappa shape index (κ1) is 13.0. The molecule has 0 radical (unpaired) electrons. The second kappa shape index (κ2) is 5.26. The second-order valence-electron chi connectivity index (χ2n) is 6.39. The van der Waals surface area contributed by atoms with E-state index in [2.05, 4.69) is 10.3 Å². The highest BCUT2D eigenvalue weighted by Crippen LogP contribution is 2.28. The third kappa shape index (κ3) is 2.72. The van der Waals surface area contributed by atoms with Crippen LogP contribution in [0.15, 0.2) is 22.9 Å². The predicted molar refractivity (Wildman–Crippen MR) is 81.0 cm³/mol. The van der Waals surface area contributed by atoms with Crippen LogP contribution < -0.4 is 5.32 Å². The molecule has 1 N–H and O–H groups in total. The van der Waals surface area contributed by atoms with E-state index in [1.807, 2.05) is 19.2 Å². The molecular formula is C17H21N3O. The van der Waals surface area contributed by atoms with Crippen molar-refractivity contribution in [2.75, 3.05) is 6.54 Å². The Hall–Kier alpha value is -1.68. The minimum atomic E-state index is 0.728. The van der Waals surface area contributed by atoms with Crippen LogP contribution in [0.4, 0.5) is 0 Å². The number of hydrogen-bond acceptors (Lipinski definition) is 4. The van der Waals surface area contributed by atoms with Crippen LogP contribution in [-0.2, 0) is 12.8 Å². The van der Waals surface area contributed by atoms with E-state index in [0.29, 0.717) is 0 Å². The first-order valence-electron chi connectivity index (χ1n) is 7.92. The molecule has 21 heavy (non-hydrogen) atoms. The molecule has 0 saturated heterocycles. The lowest BCUT2D eigenvalue weighted by molar-refractivity contribution is 0.418. The van der Waals surface area contributed by atoms with Gasteiger partial charge in [0.25, 0.3) is 0 Å². The lowest BCUT2D eigenvalue weighted by Crippen LogP contribution is -2.29. The molecule has 0 bridgehead atoms. The number of aromatic nitrogens is 2. The summed E-state index contributed by atoms with van der Waals surface area (Å²) in [5.41, 5.74) is 3.62. The summed E-state index contributed by atoms with van der Waals surface area (Å²) >= 11 is 0. The van der Waals surface area contributed by atoms with Crippen molar-refractivity contribution < 1.29 is 4.42 Å². The Bertz CT molecular complexity index is 645. The molecular weight excluding hydrogens is 262 g/mol. The Morgan fingerprint density at radius 2 is 2.24 bits per heavy atom. The SMILES string of the molecule is Cc1ccoc1-c1ncc2c(n1)CCC(CNC1CC1)C2. The van der Waals surface area contributed by atoms with Gasteiger partial charge in [-0.25, -0.2) is 9.97 Å². The zero-order valence-corrected chi connectivity index (χ0v) is 12.4. The van der Waals surface area contributed by atoms with E-state index >= 15 is 0 Å². The van der Waals surface area contributed by atoms with Gasteiger partial charge < -0.3 is 9.73 Å². The quantitative estimate of drug-likeness (QED) is 0.937. The van der Waals surface area contributed by atoms with Crippen LogP contribution in [0.2, 0.25) is 0 Å². The molecule has 2 aromatic rings. The molecule has 4 nitrogen and oxygen atoms in total. The normalized spacial score (nSPS) is 21.3. The summed E-state index contributed by atoms with van der Waals surface area (Å²) in [5.74, 6) is 2.26. The first-order chi connectivity index (χ1) is 10.3.